The summed E-state index contributed by atoms with van der Waals surface area (Å²) in [6.07, 6.45) is 0.713. The Bertz CT molecular complexity index is 492. The van der Waals surface area contributed by atoms with Gasteiger partial charge < -0.3 is 20.1 Å². The van der Waals surface area contributed by atoms with E-state index in [1.54, 1.807) is 4.90 Å². The van der Waals surface area contributed by atoms with Crippen LogP contribution in [-0.2, 0) is 22.5 Å². The molecule has 0 saturated carbocycles. The van der Waals surface area contributed by atoms with Crippen molar-refractivity contribution in [1.29, 1.82) is 0 Å². The van der Waals surface area contributed by atoms with Crippen LogP contribution in [0, 0.1) is 0 Å². The first-order chi connectivity index (χ1) is 9.79. The van der Waals surface area contributed by atoms with Crippen molar-refractivity contribution >= 4 is 5.91 Å². The maximum absolute atomic E-state index is 12.6. The average Bonchev–Trinajstić information content (AvgIpc) is 2.53. The molecule has 3 rings (SSSR count). The van der Waals surface area contributed by atoms with E-state index in [0.29, 0.717) is 26.2 Å². The van der Waals surface area contributed by atoms with E-state index in [1.807, 2.05) is 12.1 Å². The molecule has 2 aliphatic heterocycles. The van der Waals surface area contributed by atoms with E-state index < -0.39 is 0 Å². The second kappa shape index (κ2) is 5.91. The summed E-state index contributed by atoms with van der Waals surface area (Å²) in [6, 6.07) is 7.80. The Morgan fingerprint density at radius 1 is 1.40 bits per heavy atom. The van der Waals surface area contributed by atoms with E-state index in [4.69, 9.17) is 4.74 Å². The molecule has 0 aliphatic carbocycles. The van der Waals surface area contributed by atoms with Crippen LogP contribution in [0.25, 0.3) is 0 Å². The van der Waals surface area contributed by atoms with Crippen molar-refractivity contribution < 1.29 is 14.6 Å². The van der Waals surface area contributed by atoms with Gasteiger partial charge in [-0.25, -0.2) is 0 Å². The fourth-order valence-corrected chi connectivity index (χ4v) is 2.93. The number of benzene rings is 1. The van der Waals surface area contributed by atoms with Gasteiger partial charge in [-0.2, -0.15) is 0 Å². The van der Waals surface area contributed by atoms with Gasteiger partial charge in [-0.05, 0) is 17.5 Å². The normalized spacial score (nSPS) is 26.1. The van der Waals surface area contributed by atoms with Crippen molar-refractivity contribution in [2.45, 2.75) is 25.0 Å². The molecule has 0 bridgehead atoms. The lowest BCUT2D eigenvalue weighted by atomic mass is 9.95. The second-order valence-corrected chi connectivity index (χ2v) is 5.35. The van der Waals surface area contributed by atoms with Crippen LogP contribution >= 0.6 is 0 Å². The topological polar surface area (TPSA) is 61.8 Å². The number of morpholine rings is 1. The molecule has 5 nitrogen and oxygen atoms in total. The zero-order chi connectivity index (χ0) is 13.9. The van der Waals surface area contributed by atoms with Gasteiger partial charge >= 0.3 is 0 Å². The molecular weight excluding hydrogens is 256 g/mol. The standard InChI is InChI=1S/C15H20N2O3/c18-9-13-10-20-6-5-17(13)15(19)14-7-11-3-1-2-4-12(11)8-16-14/h1-4,13-14,16,18H,5-10H2/t13?,14-/m1/s1. The number of aliphatic hydroxyl groups excluding tert-OH is 1. The van der Waals surface area contributed by atoms with Crippen molar-refractivity contribution in [1.82, 2.24) is 10.2 Å². The number of carbonyl (C=O) groups excluding carboxylic acids is 1. The van der Waals surface area contributed by atoms with Crippen LogP contribution in [0.3, 0.4) is 0 Å². The fraction of sp³-hybridized carbons (Fsp3) is 0.533. The van der Waals surface area contributed by atoms with Crippen molar-refractivity contribution in [2.75, 3.05) is 26.4 Å². The summed E-state index contributed by atoms with van der Waals surface area (Å²) in [5, 5.41) is 12.7. The number of rotatable bonds is 2. The number of amides is 1. The monoisotopic (exact) mass is 276 g/mol. The Hall–Kier alpha value is -1.43. The molecule has 1 aromatic rings. The lowest BCUT2D eigenvalue weighted by Gasteiger charge is -2.38. The van der Waals surface area contributed by atoms with E-state index in [1.165, 1.54) is 11.1 Å². The van der Waals surface area contributed by atoms with E-state index in [0.717, 1.165) is 6.54 Å². The molecule has 108 valence electrons. The number of fused-ring (bicyclic) bond motifs is 1. The Balaban J connectivity index is 1.72. The Labute approximate surface area is 118 Å². The highest BCUT2D eigenvalue weighted by Crippen LogP contribution is 2.19. The first-order valence-corrected chi connectivity index (χ1v) is 7.09. The quantitative estimate of drug-likeness (QED) is 0.793. The predicted octanol–water partition coefficient (Wildman–Crippen LogP) is -0.0794. The number of ether oxygens (including phenoxy) is 1. The summed E-state index contributed by atoms with van der Waals surface area (Å²) < 4.78 is 5.32. The number of nitrogens with zero attached hydrogens (tertiary/aromatic N) is 1. The van der Waals surface area contributed by atoms with E-state index in [2.05, 4.69) is 17.4 Å². The van der Waals surface area contributed by atoms with Gasteiger partial charge in [0.25, 0.3) is 0 Å². The summed E-state index contributed by atoms with van der Waals surface area (Å²) in [5.74, 6) is 0.0712. The SMILES string of the molecule is O=C([C@H]1Cc2ccccc2CN1)N1CCOCC1CO. The van der Waals surface area contributed by atoms with Crippen LogP contribution in [0.4, 0.5) is 0 Å². The number of hydrogen-bond donors (Lipinski definition) is 2. The summed E-state index contributed by atoms with van der Waals surface area (Å²) in [4.78, 5) is 14.4. The van der Waals surface area contributed by atoms with Crippen molar-refractivity contribution in [3.05, 3.63) is 35.4 Å². The van der Waals surface area contributed by atoms with Gasteiger partial charge in [0, 0.05) is 13.1 Å². The maximum Gasteiger partial charge on any atom is 0.240 e. The highest BCUT2D eigenvalue weighted by Gasteiger charge is 2.33. The second-order valence-electron chi connectivity index (χ2n) is 5.35. The van der Waals surface area contributed by atoms with Crippen molar-refractivity contribution in [3.63, 3.8) is 0 Å². The maximum atomic E-state index is 12.6. The molecule has 2 heterocycles. The summed E-state index contributed by atoms with van der Waals surface area (Å²) in [5.41, 5.74) is 2.50. The molecule has 2 N–H and O–H groups in total. The minimum Gasteiger partial charge on any atom is -0.394 e. The van der Waals surface area contributed by atoms with Crippen LogP contribution in [0.15, 0.2) is 24.3 Å². The van der Waals surface area contributed by atoms with Gasteiger partial charge in [0.05, 0.1) is 31.9 Å². The molecule has 20 heavy (non-hydrogen) atoms. The molecular formula is C15H20N2O3. The van der Waals surface area contributed by atoms with Gasteiger partial charge in [0.1, 0.15) is 0 Å². The summed E-state index contributed by atoms with van der Waals surface area (Å²) in [6.45, 7) is 2.21. The minimum absolute atomic E-state index is 0.0466. The van der Waals surface area contributed by atoms with Crippen molar-refractivity contribution in [3.8, 4) is 0 Å². The summed E-state index contributed by atoms with van der Waals surface area (Å²) >= 11 is 0. The van der Waals surface area contributed by atoms with Crippen LogP contribution in [0.1, 0.15) is 11.1 Å². The Morgan fingerprint density at radius 2 is 2.20 bits per heavy atom. The lowest BCUT2D eigenvalue weighted by molar-refractivity contribution is -0.144. The minimum atomic E-state index is -0.213. The third kappa shape index (κ3) is 2.57. The number of carbonyl (C=O) groups is 1. The first kappa shape index (κ1) is 13.5. The molecule has 1 amide bonds. The molecule has 5 heteroatoms. The third-order valence-corrected chi connectivity index (χ3v) is 4.10. The highest BCUT2D eigenvalue weighted by molar-refractivity contribution is 5.83. The smallest absolute Gasteiger partial charge is 0.240 e. The molecule has 0 aromatic heterocycles. The number of nitrogens with one attached hydrogen (secondary N) is 1. The molecule has 1 saturated heterocycles. The number of aliphatic hydroxyl groups is 1. The Morgan fingerprint density at radius 3 is 3.00 bits per heavy atom. The largest absolute Gasteiger partial charge is 0.394 e. The average molecular weight is 276 g/mol. The van der Waals surface area contributed by atoms with Gasteiger partial charge in [-0.1, -0.05) is 24.3 Å². The van der Waals surface area contributed by atoms with E-state index in [-0.39, 0.29) is 24.6 Å². The highest BCUT2D eigenvalue weighted by atomic mass is 16.5. The molecule has 1 unspecified atom stereocenters. The van der Waals surface area contributed by atoms with E-state index in [9.17, 15) is 9.90 Å². The molecule has 1 aromatic carbocycles. The van der Waals surface area contributed by atoms with Crippen molar-refractivity contribution in [2.24, 2.45) is 0 Å². The third-order valence-electron chi connectivity index (χ3n) is 4.10. The molecule has 0 spiro atoms. The zero-order valence-electron chi connectivity index (χ0n) is 11.4. The molecule has 1 fully saturated rings. The Kier molecular flexibility index (Phi) is 4.00. The van der Waals surface area contributed by atoms with E-state index >= 15 is 0 Å². The molecule has 2 aliphatic rings. The van der Waals surface area contributed by atoms with Crippen LogP contribution in [0.5, 0.6) is 0 Å². The van der Waals surface area contributed by atoms with Gasteiger partial charge in [0.15, 0.2) is 0 Å². The summed E-state index contributed by atoms with van der Waals surface area (Å²) in [7, 11) is 0. The zero-order valence-corrected chi connectivity index (χ0v) is 11.4. The first-order valence-electron chi connectivity index (χ1n) is 7.09. The fourth-order valence-electron chi connectivity index (χ4n) is 2.93. The van der Waals surface area contributed by atoms with Gasteiger partial charge in [-0.3, -0.25) is 4.79 Å². The number of hydrogen-bond acceptors (Lipinski definition) is 4. The predicted molar refractivity (Wildman–Crippen MR) is 74.2 cm³/mol. The van der Waals surface area contributed by atoms with Crippen LogP contribution in [-0.4, -0.2) is 54.4 Å². The van der Waals surface area contributed by atoms with Gasteiger partial charge in [-0.15, -0.1) is 0 Å². The van der Waals surface area contributed by atoms with Gasteiger partial charge in [0.2, 0.25) is 5.91 Å². The van der Waals surface area contributed by atoms with Crippen LogP contribution < -0.4 is 5.32 Å². The molecule has 0 radical (unpaired) electrons. The van der Waals surface area contributed by atoms with Crippen LogP contribution in [0.2, 0.25) is 0 Å². The molecule has 2 atom stereocenters. The lowest BCUT2D eigenvalue weighted by Crippen LogP contribution is -2.57.